The van der Waals surface area contributed by atoms with Crippen molar-refractivity contribution in [1.82, 2.24) is 0 Å². The van der Waals surface area contributed by atoms with Crippen LogP contribution in [-0.4, -0.2) is 6.54 Å². The summed E-state index contributed by atoms with van der Waals surface area (Å²) in [6, 6.07) is 17.5. The van der Waals surface area contributed by atoms with E-state index in [2.05, 4.69) is 60.8 Å². The Hall–Kier alpha value is -1.80. The van der Waals surface area contributed by atoms with E-state index in [9.17, 15) is 0 Å². The highest BCUT2D eigenvalue weighted by Crippen LogP contribution is 2.40. The topological polar surface area (TPSA) is 38.0 Å². The van der Waals surface area contributed by atoms with Gasteiger partial charge in [-0.3, -0.25) is 0 Å². The number of hydrogen-bond acceptors (Lipinski definition) is 2. The molecule has 0 spiro atoms. The molecule has 1 fully saturated rings. The molecule has 0 aliphatic heterocycles. The summed E-state index contributed by atoms with van der Waals surface area (Å²) in [7, 11) is 0. The van der Waals surface area contributed by atoms with Crippen LogP contribution in [0.2, 0.25) is 0 Å². The van der Waals surface area contributed by atoms with E-state index < -0.39 is 0 Å². The van der Waals surface area contributed by atoms with E-state index in [0.717, 1.165) is 11.6 Å². The summed E-state index contributed by atoms with van der Waals surface area (Å²) in [6.45, 7) is 2.71. The van der Waals surface area contributed by atoms with Crippen molar-refractivity contribution in [3.63, 3.8) is 0 Å². The second-order valence-electron chi connectivity index (χ2n) is 5.69. The van der Waals surface area contributed by atoms with Crippen molar-refractivity contribution in [2.24, 2.45) is 5.73 Å². The van der Waals surface area contributed by atoms with Crippen LogP contribution in [0.15, 0.2) is 48.5 Å². The minimum Gasteiger partial charge on any atom is -0.377 e. The van der Waals surface area contributed by atoms with Crippen LogP contribution in [0.4, 0.5) is 5.69 Å². The van der Waals surface area contributed by atoms with Gasteiger partial charge in [0.1, 0.15) is 0 Å². The van der Waals surface area contributed by atoms with Gasteiger partial charge in [-0.2, -0.15) is 0 Å². The average molecular weight is 266 g/mol. The standard InChI is InChI=1S/C18H22N2/c1-13-4-2-3-5-17(13)20-18(12-19)16-10-8-15(9-11-16)14-6-7-14/h2-5,8-11,14,18,20H,6-7,12,19H2,1H3. The fraction of sp³-hybridized carbons (Fsp3) is 0.333. The second-order valence-corrected chi connectivity index (χ2v) is 5.69. The summed E-state index contributed by atoms with van der Waals surface area (Å²) in [5, 5.41) is 3.55. The molecule has 0 radical (unpaired) electrons. The van der Waals surface area contributed by atoms with Gasteiger partial charge in [0, 0.05) is 12.2 Å². The van der Waals surface area contributed by atoms with E-state index in [1.165, 1.54) is 29.5 Å². The first-order valence-electron chi connectivity index (χ1n) is 7.40. The highest BCUT2D eigenvalue weighted by atomic mass is 14.9. The van der Waals surface area contributed by atoms with Crippen molar-refractivity contribution >= 4 is 5.69 Å². The van der Waals surface area contributed by atoms with Gasteiger partial charge in [0.2, 0.25) is 0 Å². The molecule has 0 heterocycles. The van der Waals surface area contributed by atoms with Crippen LogP contribution in [0.1, 0.15) is 41.5 Å². The van der Waals surface area contributed by atoms with Gasteiger partial charge in [-0.25, -0.2) is 0 Å². The third-order valence-corrected chi connectivity index (χ3v) is 4.10. The normalized spacial score (nSPS) is 15.9. The Kier molecular flexibility index (Phi) is 3.75. The fourth-order valence-corrected chi connectivity index (χ4v) is 2.62. The molecular weight excluding hydrogens is 244 g/mol. The third kappa shape index (κ3) is 2.86. The predicted octanol–water partition coefficient (Wildman–Crippen LogP) is 3.98. The first-order valence-corrected chi connectivity index (χ1v) is 7.40. The summed E-state index contributed by atoms with van der Waals surface area (Å²) in [6.07, 6.45) is 2.70. The molecule has 2 aromatic rings. The molecule has 1 saturated carbocycles. The first kappa shape index (κ1) is 13.2. The molecule has 2 aromatic carbocycles. The molecule has 1 unspecified atom stereocenters. The number of para-hydroxylation sites is 1. The lowest BCUT2D eigenvalue weighted by Gasteiger charge is -2.20. The molecule has 2 nitrogen and oxygen atoms in total. The molecule has 3 N–H and O–H groups in total. The van der Waals surface area contributed by atoms with Crippen LogP contribution in [0, 0.1) is 6.92 Å². The van der Waals surface area contributed by atoms with Crippen LogP contribution in [0.3, 0.4) is 0 Å². The van der Waals surface area contributed by atoms with Crippen LogP contribution >= 0.6 is 0 Å². The molecule has 3 rings (SSSR count). The molecule has 0 aromatic heterocycles. The van der Waals surface area contributed by atoms with Gasteiger partial charge in [-0.15, -0.1) is 0 Å². The van der Waals surface area contributed by atoms with Crippen LogP contribution in [0.5, 0.6) is 0 Å². The number of benzene rings is 2. The molecule has 104 valence electrons. The lowest BCUT2D eigenvalue weighted by Crippen LogP contribution is -2.21. The second kappa shape index (κ2) is 5.68. The van der Waals surface area contributed by atoms with Crippen molar-refractivity contribution in [2.75, 3.05) is 11.9 Å². The molecule has 1 aliphatic rings. The summed E-state index contributed by atoms with van der Waals surface area (Å²) < 4.78 is 0. The number of anilines is 1. The summed E-state index contributed by atoms with van der Waals surface area (Å²) in [5.41, 5.74) is 11.1. The lowest BCUT2D eigenvalue weighted by molar-refractivity contribution is 0.788. The number of rotatable bonds is 5. The van der Waals surface area contributed by atoms with Gasteiger partial charge in [0.15, 0.2) is 0 Å². The number of hydrogen-bond donors (Lipinski definition) is 2. The summed E-state index contributed by atoms with van der Waals surface area (Å²) >= 11 is 0. The molecule has 0 bridgehead atoms. The summed E-state index contributed by atoms with van der Waals surface area (Å²) in [5.74, 6) is 0.810. The Morgan fingerprint density at radius 1 is 1.10 bits per heavy atom. The Morgan fingerprint density at radius 3 is 2.40 bits per heavy atom. The minimum atomic E-state index is 0.171. The molecule has 20 heavy (non-hydrogen) atoms. The quantitative estimate of drug-likeness (QED) is 0.859. The maximum atomic E-state index is 5.95. The molecular formula is C18H22N2. The zero-order valence-electron chi connectivity index (χ0n) is 12.0. The van der Waals surface area contributed by atoms with Gasteiger partial charge in [-0.1, -0.05) is 42.5 Å². The Labute approximate surface area is 121 Å². The van der Waals surface area contributed by atoms with E-state index in [1.54, 1.807) is 0 Å². The van der Waals surface area contributed by atoms with E-state index in [4.69, 9.17) is 5.73 Å². The van der Waals surface area contributed by atoms with Crippen molar-refractivity contribution in [1.29, 1.82) is 0 Å². The molecule has 0 amide bonds. The molecule has 1 atom stereocenters. The third-order valence-electron chi connectivity index (χ3n) is 4.10. The van der Waals surface area contributed by atoms with Gasteiger partial charge in [0.25, 0.3) is 0 Å². The number of aryl methyl sites for hydroxylation is 1. The monoisotopic (exact) mass is 266 g/mol. The van der Waals surface area contributed by atoms with E-state index >= 15 is 0 Å². The average Bonchev–Trinajstić information content (AvgIpc) is 3.31. The fourth-order valence-electron chi connectivity index (χ4n) is 2.62. The van der Waals surface area contributed by atoms with Crippen molar-refractivity contribution in [3.05, 3.63) is 65.2 Å². The van der Waals surface area contributed by atoms with Crippen molar-refractivity contribution < 1.29 is 0 Å². The highest BCUT2D eigenvalue weighted by molar-refractivity contribution is 5.52. The Morgan fingerprint density at radius 2 is 1.80 bits per heavy atom. The lowest BCUT2D eigenvalue weighted by atomic mass is 10.0. The smallest absolute Gasteiger partial charge is 0.0636 e. The largest absolute Gasteiger partial charge is 0.377 e. The zero-order chi connectivity index (χ0) is 13.9. The van der Waals surface area contributed by atoms with Crippen LogP contribution < -0.4 is 11.1 Å². The van der Waals surface area contributed by atoms with Gasteiger partial charge in [0.05, 0.1) is 6.04 Å². The maximum Gasteiger partial charge on any atom is 0.0636 e. The van der Waals surface area contributed by atoms with Gasteiger partial charge >= 0.3 is 0 Å². The first-order chi connectivity index (χ1) is 9.78. The molecule has 2 heteroatoms. The maximum absolute atomic E-state index is 5.95. The van der Waals surface area contributed by atoms with E-state index in [0.29, 0.717) is 6.54 Å². The van der Waals surface area contributed by atoms with Gasteiger partial charge in [-0.05, 0) is 48.4 Å². The van der Waals surface area contributed by atoms with Crippen LogP contribution in [0.25, 0.3) is 0 Å². The number of nitrogens with one attached hydrogen (secondary N) is 1. The molecule has 0 saturated heterocycles. The zero-order valence-corrected chi connectivity index (χ0v) is 12.0. The van der Waals surface area contributed by atoms with Crippen molar-refractivity contribution in [3.8, 4) is 0 Å². The molecule has 1 aliphatic carbocycles. The predicted molar refractivity (Wildman–Crippen MR) is 85.0 cm³/mol. The van der Waals surface area contributed by atoms with E-state index in [-0.39, 0.29) is 6.04 Å². The van der Waals surface area contributed by atoms with Crippen molar-refractivity contribution in [2.45, 2.75) is 31.7 Å². The summed E-state index contributed by atoms with van der Waals surface area (Å²) in [4.78, 5) is 0. The minimum absolute atomic E-state index is 0.171. The highest BCUT2D eigenvalue weighted by Gasteiger charge is 2.23. The van der Waals surface area contributed by atoms with Crippen LogP contribution in [-0.2, 0) is 0 Å². The SMILES string of the molecule is Cc1ccccc1NC(CN)c1ccc(C2CC2)cc1. The Balaban J connectivity index is 1.77. The van der Waals surface area contributed by atoms with Gasteiger partial charge < -0.3 is 11.1 Å². The Bertz CT molecular complexity index is 570. The number of nitrogens with two attached hydrogens (primary N) is 1. The van der Waals surface area contributed by atoms with E-state index in [1.807, 2.05) is 0 Å².